The summed E-state index contributed by atoms with van der Waals surface area (Å²) < 4.78 is 5.39. The zero-order valence-corrected chi connectivity index (χ0v) is 16.3. The molecule has 1 aromatic rings. The topological polar surface area (TPSA) is 75.7 Å². The van der Waals surface area contributed by atoms with Crippen molar-refractivity contribution in [1.82, 2.24) is 4.90 Å². The number of carbonyl (C=O) groups is 3. The van der Waals surface area contributed by atoms with Crippen LogP contribution in [0.2, 0.25) is 0 Å². The van der Waals surface area contributed by atoms with Crippen LogP contribution in [0.3, 0.4) is 0 Å². The molecule has 1 aromatic carbocycles. The van der Waals surface area contributed by atoms with Crippen LogP contribution in [0, 0.1) is 13.8 Å². The van der Waals surface area contributed by atoms with Crippen LogP contribution >= 0.6 is 11.8 Å². The molecule has 0 saturated carbocycles. The van der Waals surface area contributed by atoms with Gasteiger partial charge in [-0.25, -0.2) is 4.79 Å². The van der Waals surface area contributed by atoms with E-state index in [1.807, 2.05) is 39.0 Å². The fraction of sp³-hybridized carbons (Fsp3) is 0.526. The SMILES string of the molecule is Cc1cccc(C)c1NC(=O)[C@H](C)OC(=O)[C@H]1CS[C@@]2(C)CCC(=O)N12. The number of fused-ring (bicyclic) bond motifs is 1. The minimum Gasteiger partial charge on any atom is -0.451 e. The number of hydrogen-bond acceptors (Lipinski definition) is 5. The zero-order chi connectivity index (χ0) is 19.1. The Labute approximate surface area is 157 Å². The van der Waals surface area contributed by atoms with Gasteiger partial charge in [0.25, 0.3) is 5.91 Å². The molecule has 0 aromatic heterocycles. The largest absolute Gasteiger partial charge is 0.451 e. The van der Waals surface area contributed by atoms with Crippen LogP contribution in [-0.4, -0.2) is 45.5 Å². The molecule has 1 N–H and O–H groups in total. The van der Waals surface area contributed by atoms with Gasteiger partial charge in [-0.3, -0.25) is 9.59 Å². The van der Waals surface area contributed by atoms with Gasteiger partial charge in [-0.15, -0.1) is 11.8 Å². The third-order valence-electron chi connectivity index (χ3n) is 5.11. The lowest BCUT2D eigenvalue weighted by molar-refractivity contribution is -0.160. The Morgan fingerprint density at radius 3 is 2.65 bits per heavy atom. The molecule has 3 rings (SSSR count). The van der Waals surface area contributed by atoms with Gasteiger partial charge in [0.15, 0.2) is 6.10 Å². The van der Waals surface area contributed by atoms with Gasteiger partial charge in [0.1, 0.15) is 6.04 Å². The van der Waals surface area contributed by atoms with Crippen LogP contribution in [0.1, 0.15) is 37.8 Å². The van der Waals surface area contributed by atoms with E-state index in [0.717, 1.165) is 23.2 Å². The molecule has 2 heterocycles. The van der Waals surface area contributed by atoms with Crippen LogP contribution < -0.4 is 5.32 Å². The van der Waals surface area contributed by atoms with E-state index in [9.17, 15) is 14.4 Å². The van der Waals surface area contributed by atoms with Crippen molar-refractivity contribution in [2.75, 3.05) is 11.1 Å². The van der Waals surface area contributed by atoms with Gasteiger partial charge >= 0.3 is 5.97 Å². The molecule has 2 saturated heterocycles. The summed E-state index contributed by atoms with van der Waals surface area (Å²) in [6, 6.07) is 5.13. The second-order valence-electron chi connectivity index (χ2n) is 7.10. The number of benzene rings is 1. The normalized spacial score (nSPS) is 25.8. The van der Waals surface area contributed by atoms with Crippen molar-refractivity contribution < 1.29 is 19.1 Å². The minimum atomic E-state index is -0.934. The lowest BCUT2D eigenvalue weighted by Gasteiger charge is -2.29. The Morgan fingerprint density at radius 2 is 2.00 bits per heavy atom. The molecule has 3 atom stereocenters. The average Bonchev–Trinajstić information content (AvgIpc) is 3.07. The highest BCUT2D eigenvalue weighted by Gasteiger charge is 2.53. The molecule has 2 amide bonds. The van der Waals surface area contributed by atoms with Crippen LogP contribution in [-0.2, 0) is 19.1 Å². The molecule has 2 aliphatic rings. The summed E-state index contributed by atoms with van der Waals surface area (Å²) in [6.07, 6.45) is 0.259. The van der Waals surface area contributed by atoms with E-state index in [0.29, 0.717) is 12.2 Å². The highest BCUT2D eigenvalue weighted by molar-refractivity contribution is 8.01. The molecule has 2 aliphatic heterocycles. The van der Waals surface area contributed by atoms with Crippen molar-refractivity contribution in [2.24, 2.45) is 0 Å². The molecule has 0 radical (unpaired) electrons. The van der Waals surface area contributed by atoms with E-state index < -0.39 is 18.1 Å². The maximum atomic E-state index is 12.6. The summed E-state index contributed by atoms with van der Waals surface area (Å²) in [7, 11) is 0. The molecule has 26 heavy (non-hydrogen) atoms. The monoisotopic (exact) mass is 376 g/mol. The number of aryl methyl sites for hydroxylation is 2. The predicted octanol–water partition coefficient (Wildman–Crippen LogP) is 2.63. The molecule has 0 aliphatic carbocycles. The van der Waals surface area contributed by atoms with Crippen LogP contribution in [0.5, 0.6) is 0 Å². The highest BCUT2D eigenvalue weighted by atomic mass is 32.2. The number of nitrogens with zero attached hydrogens (tertiary/aromatic N) is 1. The molecular formula is C19H24N2O4S. The predicted molar refractivity (Wildman–Crippen MR) is 101 cm³/mol. The van der Waals surface area contributed by atoms with Gasteiger partial charge < -0.3 is 15.0 Å². The van der Waals surface area contributed by atoms with Gasteiger partial charge in [0.05, 0.1) is 4.87 Å². The zero-order valence-electron chi connectivity index (χ0n) is 15.5. The first-order valence-electron chi connectivity index (χ1n) is 8.76. The molecule has 0 bridgehead atoms. The lowest BCUT2D eigenvalue weighted by atomic mass is 10.1. The first-order valence-corrected chi connectivity index (χ1v) is 9.75. The summed E-state index contributed by atoms with van der Waals surface area (Å²) in [5, 5.41) is 2.83. The number of amides is 2. The number of rotatable bonds is 4. The van der Waals surface area contributed by atoms with Crippen LogP contribution in [0.15, 0.2) is 18.2 Å². The summed E-state index contributed by atoms with van der Waals surface area (Å²) in [5.41, 5.74) is 2.63. The van der Waals surface area contributed by atoms with E-state index in [4.69, 9.17) is 4.74 Å². The van der Waals surface area contributed by atoms with E-state index >= 15 is 0 Å². The maximum absolute atomic E-state index is 12.6. The maximum Gasteiger partial charge on any atom is 0.330 e. The van der Waals surface area contributed by atoms with Gasteiger partial charge in [0.2, 0.25) is 5.91 Å². The van der Waals surface area contributed by atoms with Gasteiger partial charge in [-0.1, -0.05) is 18.2 Å². The highest BCUT2D eigenvalue weighted by Crippen LogP contribution is 2.47. The molecule has 0 spiro atoms. The van der Waals surface area contributed by atoms with Gasteiger partial charge in [0, 0.05) is 17.9 Å². The van der Waals surface area contributed by atoms with Crippen LogP contribution in [0.4, 0.5) is 5.69 Å². The Bertz CT molecular complexity index is 746. The van der Waals surface area contributed by atoms with Crippen molar-refractivity contribution in [1.29, 1.82) is 0 Å². The summed E-state index contributed by atoms with van der Waals surface area (Å²) >= 11 is 1.60. The van der Waals surface area contributed by atoms with Crippen molar-refractivity contribution in [3.63, 3.8) is 0 Å². The van der Waals surface area contributed by atoms with Crippen LogP contribution in [0.25, 0.3) is 0 Å². The molecule has 2 fully saturated rings. The van der Waals surface area contributed by atoms with Crippen molar-refractivity contribution in [3.8, 4) is 0 Å². The van der Waals surface area contributed by atoms with Crippen molar-refractivity contribution >= 4 is 35.2 Å². The number of carbonyl (C=O) groups excluding carboxylic acids is 3. The smallest absolute Gasteiger partial charge is 0.330 e. The Morgan fingerprint density at radius 1 is 1.35 bits per heavy atom. The average molecular weight is 376 g/mol. The Hall–Kier alpha value is -2.02. The number of ether oxygens (including phenoxy) is 1. The number of anilines is 1. The lowest BCUT2D eigenvalue weighted by Crippen LogP contribution is -2.48. The molecular weight excluding hydrogens is 352 g/mol. The third-order valence-corrected chi connectivity index (χ3v) is 6.61. The van der Waals surface area contributed by atoms with Crippen molar-refractivity contribution in [2.45, 2.75) is 57.6 Å². The summed E-state index contributed by atoms with van der Waals surface area (Å²) in [6.45, 7) is 7.35. The molecule has 7 heteroatoms. The minimum absolute atomic E-state index is 0.0212. The number of para-hydroxylation sites is 1. The fourth-order valence-corrected chi connectivity index (χ4v) is 4.95. The summed E-state index contributed by atoms with van der Waals surface area (Å²) in [4.78, 5) is 38.5. The Balaban J connectivity index is 1.64. The first kappa shape index (κ1) is 18.8. The Kier molecular flexibility index (Phi) is 5.01. The molecule has 140 valence electrons. The fourth-order valence-electron chi connectivity index (χ4n) is 3.54. The van der Waals surface area contributed by atoms with E-state index in [1.54, 1.807) is 23.6 Å². The molecule has 0 unspecified atom stereocenters. The quantitative estimate of drug-likeness (QED) is 0.818. The standard InChI is InChI=1S/C19H24N2O4S/c1-11-6-5-7-12(2)16(11)20-17(23)13(3)25-18(24)14-10-26-19(4)9-8-15(22)21(14)19/h5-7,13-14H,8-10H2,1-4H3,(H,20,23)/t13-,14+,19-/m0/s1. The van der Waals surface area contributed by atoms with E-state index in [-0.39, 0.29) is 16.7 Å². The number of hydrogen-bond donors (Lipinski definition) is 1. The van der Waals surface area contributed by atoms with Gasteiger partial charge in [-0.05, 0) is 45.2 Å². The number of esters is 1. The first-order chi connectivity index (χ1) is 12.2. The third kappa shape index (κ3) is 3.32. The second-order valence-corrected chi connectivity index (χ2v) is 8.60. The number of thioether (sulfide) groups is 1. The molecule has 6 nitrogen and oxygen atoms in total. The number of nitrogens with one attached hydrogen (secondary N) is 1. The second kappa shape index (κ2) is 6.95. The van der Waals surface area contributed by atoms with Crippen molar-refractivity contribution in [3.05, 3.63) is 29.3 Å². The van der Waals surface area contributed by atoms with Gasteiger partial charge in [-0.2, -0.15) is 0 Å². The van der Waals surface area contributed by atoms with E-state index in [1.165, 1.54) is 0 Å². The van der Waals surface area contributed by atoms with E-state index in [2.05, 4.69) is 5.32 Å². The summed E-state index contributed by atoms with van der Waals surface area (Å²) in [5.74, 6) is -0.406.